The minimum Gasteiger partial charge on any atom is -0.496 e. The molecule has 98 valence electrons. The van der Waals surface area contributed by atoms with Crippen LogP contribution in [0.3, 0.4) is 0 Å². The van der Waals surface area contributed by atoms with Crippen molar-refractivity contribution in [1.82, 2.24) is 0 Å². The van der Waals surface area contributed by atoms with Crippen LogP contribution < -0.4 is 15.4 Å². The number of carbonyl (C=O) groups is 1. The van der Waals surface area contributed by atoms with Crippen molar-refractivity contribution >= 4 is 11.6 Å². The van der Waals surface area contributed by atoms with E-state index in [2.05, 4.69) is 0 Å². The number of nitrogens with zero attached hydrogens (tertiary/aromatic N) is 1. The summed E-state index contributed by atoms with van der Waals surface area (Å²) in [5.74, 6) is 0.834. The molecule has 1 aliphatic carbocycles. The standard InChI is InChI=1S/C14H20N2O2/c1-9-10(2)12(18-4)6-5-11(9)16(3)13(17)14(15)7-8-14/h5-6H,7-8,15H2,1-4H3. The normalized spacial score (nSPS) is 16.3. The van der Waals surface area contributed by atoms with Crippen molar-refractivity contribution in [1.29, 1.82) is 0 Å². The number of benzene rings is 1. The molecule has 0 saturated heterocycles. The van der Waals surface area contributed by atoms with Gasteiger partial charge in [0.05, 0.1) is 12.6 Å². The summed E-state index contributed by atoms with van der Waals surface area (Å²) in [5, 5.41) is 0. The van der Waals surface area contributed by atoms with Crippen LogP contribution in [-0.2, 0) is 4.79 Å². The maximum atomic E-state index is 12.2. The third-order valence-corrected chi connectivity index (χ3v) is 3.81. The highest BCUT2D eigenvalue weighted by Gasteiger charge is 2.47. The summed E-state index contributed by atoms with van der Waals surface area (Å²) in [5.41, 5.74) is 8.33. The second-order valence-electron chi connectivity index (χ2n) is 5.06. The third-order valence-electron chi connectivity index (χ3n) is 3.81. The van der Waals surface area contributed by atoms with Gasteiger partial charge in [0, 0.05) is 12.7 Å². The van der Waals surface area contributed by atoms with Crippen molar-refractivity contribution in [2.24, 2.45) is 5.73 Å². The lowest BCUT2D eigenvalue weighted by atomic mass is 10.1. The Hall–Kier alpha value is -1.55. The van der Waals surface area contributed by atoms with Gasteiger partial charge in [0.15, 0.2) is 0 Å². The fourth-order valence-electron chi connectivity index (χ4n) is 2.16. The molecule has 1 aromatic rings. The van der Waals surface area contributed by atoms with Crippen LogP contribution in [0.1, 0.15) is 24.0 Å². The predicted octanol–water partition coefficient (Wildman–Crippen LogP) is 1.77. The Morgan fingerprint density at radius 3 is 2.44 bits per heavy atom. The van der Waals surface area contributed by atoms with Crippen LogP contribution in [0.15, 0.2) is 12.1 Å². The van der Waals surface area contributed by atoms with Crippen LogP contribution in [-0.4, -0.2) is 25.6 Å². The number of hydrogen-bond donors (Lipinski definition) is 1. The zero-order valence-corrected chi connectivity index (χ0v) is 11.4. The van der Waals surface area contributed by atoms with E-state index in [4.69, 9.17) is 10.5 Å². The van der Waals surface area contributed by atoms with Gasteiger partial charge in [-0.1, -0.05) is 0 Å². The summed E-state index contributed by atoms with van der Waals surface area (Å²) in [7, 11) is 3.43. The minimum absolute atomic E-state index is 0.00448. The van der Waals surface area contributed by atoms with Gasteiger partial charge in [-0.2, -0.15) is 0 Å². The number of nitrogens with two attached hydrogens (primary N) is 1. The molecule has 1 aliphatic rings. The van der Waals surface area contributed by atoms with Gasteiger partial charge in [0.1, 0.15) is 5.75 Å². The molecule has 18 heavy (non-hydrogen) atoms. The van der Waals surface area contributed by atoms with E-state index in [-0.39, 0.29) is 5.91 Å². The molecule has 1 fully saturated rings. The van der Waals surface area contributed by atoms with Gasteiger partial charge >= 0.3 is 0 Å². The molecule has 2 rings (SSSR count). The van der Waals surface area contributed by atoms with Crippen LogP contribution in [0.5, 0.6) is 5.75 Å². The molecular weight excluding hydrogens is 228 g/mol. The molecule has 0 radical (unpaired) electrons. The maximum absolute atomic E-state index is 12.2. The van der Waals surface area contributed by atoms with E-state index in [0.717, 1.165) is 35.4 Å². The van der Waals surface area contributed by atoms with E-state index < -0.39 is 5.54 Å². The van der Waals surface area contributed by atoms with Crippen LogP contribution in [0, 0.1) is 13.8 Å². The largest absolute Gasteiger partial charge is 0.496 e. The zero-order valence-electron chi connectivity index (χ0n) is 11.4. The first-order valence-electron chi connectivity index (χ1n) is 6.12. The summed E-state index contributed by atoms with van der Waals surface area (Å²) in [6, 6.07) is 3.79. The fourth-order valence-corrected chi connectivity index (χ4v) is 2.16. The summed E-state index contributed by atoms with van der Waals surface area (Å²) < 4.78 is 5.27. The number of anilines is 1. The quantitative estimate of drug-likeness (QED) is 0.887. The van der Waals surface area contributed by atoms with E-state index in [0.29, 0.717) is 0 Å². The van der Waals surface area contributed by atoms with Crippen molar-refractivity contribution in [2.75, 3.05) is 19.1 Å². The molecule has 0 spiro atoms. The molecule has 0 bridgehead atoms. The highest BCUT2D eigenvalue weighted by molar-refractivity contribution is 6.02. The Labute approximate surface area is 108 Å². The Balaban J connectivity index is 2.34. The molecule has 0 atom stereocenters. The summed E-state index contributed by atoms with van der Waals surface area (Å²) >= 11 is 0. The zero-order chi connectivity index (χ0) is 13.5. The van der Waals surface area contributed by atoms with Crippen LogP contribution >= 0.6 is 0 Å². The van der Waals surface area contributed by atoms with Crippen molar-refractivity contribution in [3.8, 4) is 5.75 Å². The highest BCUT2D eigenvalue weighted by Crippen LogP contribution is 2.37. The molecule has 0 unspecified atom stereocenters. The second kappa shape index (κ2) is 4.28. The molecule has 4 heteroatoms. The number of hydrogen-bond acceptors (Lipinski definition) is 3. The predicted molar refractivity (Wildman–Crippen MR) is 72.0 cm³/mol. The molecule has 1 amide bonds. The molecule has 2 N–H and O–H groups in total. The average Bonchev–Trinajstić information content (AvgIpc) is 3.10. The van der Waals surface area contributed by atoms with E-state index in [1.807, 2.05) is 26.0 Å². The first-order valence-corrected chi connectivity index (χ1v) is 6.12. The second-order valence-corrected chi connectivity index (χ2v) is 5.06. The Bertz CT molecular complexity index is 493. The molecular formula is C14H20N2O2. The van der Waals surface area contributed by atoms with Crippen LogP contribution in [0.2, 0.25) is 0 Å². The first kappa shape index (κ1) is 12.9. The number of rotatable bonds is 3. The number of carbonyl (C=O) groups excluding carboxylic acids is 1. The highest BCUT2D eigenvalue weighted by atomic mass is 16.5. The first-order chi connectivity index (χ1) is 8.40. The van der Waals surface area contributed by atoms with Gasteiger partial charge in [-0.05, 0) is 49.9 Å². The summed E-state index contributed by atoms with van der Waals surface area (Å²) in [6.07, 6.45) is 1.56. The van der Waals surface area contributed by atoms with E-state index >= 15 is 0 Å². The van der Waals surface area contributed by atoms with Gasteiger partial charge in [-0.15, -0.1) is 0 Å². The topological polar surface area (TPSA) is 55.6 Å². The molecule has 4 nitrogen and oxygen atoms in total. The van der Waals surface area contributed by atoms with Crippen molar-refractivity contribution < 1.29 is 9.53 Å². The van der Waals surface area contributed by atoms with Crippen molar-refractivity contribution in [2.45, 2.75) is 32.2 Å². The van der Waals surface area contributed by atoms with Gasteiger partial charge in [-0.3, -0.25) is 4.79 Å². The average molecular weight is 248 g/mol. The van der Waals surface area contributed by atoms with Gasteiger partial charge in [0.2, 0.25) is 5.91 Å². The molecule has 0 heterocycles. The van der Waals surface area contributed by atoms with Crippen LogP contribution in [0.25, 0.3) is 0 Å². The number of likely N-dealkylation sites (N-methyl/N-ethyl adjacent to an activating group) is 1. The van der Waals surface area contributed by atoms with E-state index in [1.165, 1.54) is 0 Å². The SMILES string of the molecule is COc1ccc(N(C)C(=O)C2(N)CC2)c(C)c1C. The van der Waals surface area contributed by atoms with Gasteiger partial charge < -0.3 is 15.4 Å². The molecule has 0 aromatic heterocycles. The maximum Gasteiger partial charge on any atom is 0.246 e. The van der Waals surface area contributed by atoms with Crippen molar-refractivity contribution in [3.63, 3.8) is 0 Å². The van der Waals surface area contributed by atoms with Gasteiger partial charge in [-0.25, -0.2) is 0 Å². The number of methoxy groups -OCH3 is 1. The Morgan fingerprint density at radius 1 is 1.33 bits per heavy atom. The van der Waals surface area contributed by atoms with Gasteiger partial charge in [0.25, 0.3) is 0 Å². The lowest BCUT2D eigenvalue weighted by molar-refractivity contribution is -0.120. The fraction of sp³-hybridized carbons (Fsp3) is 0.500. The summed E-state index contributed by atoms with van der Waals surface area (Å²) in [6.45, 7) is 3.98. The smallest absolute Gasteiger partial charge is 0.246 e. The lowest BCUT2D eigenvalue weighted by Crippen LogP contribution is -2.44. The summed E-state index contributed by atoms with van der Waals surface area (Å²) in [4.78, 5) is 13.9. The van der Waals surface area contributed by atoms with E-state index in [9.17, 15) is 4.79 Å². The minimum atomic E-state index is -0.630. The monoisotopic (exact) mass is 248 g/mol. The molecule has 1 saturated carbocycles. The van der Waals surface area contributed by atoms with Crippen LogP contribution in [0.4, 0.5) is 5.69 Å². The third kappa shape index (κ3) is 1.97. The number of ether oxygens (including phenoxy) is 1. The number of amides is 1. The Morgan fingerprint density at radius 2 is 1.94 bits per heavy atom. The van der Waals surface area contributed by atoms with E-state index in [1.54, 1.807) is 19.1 Å². The Kier molecular flexibility index (Phi) is 3.07. The lowest BCUT2D eigenvalue weighted by Gasteiger charge is -2.24. The van der Waals surface area contributed by atoms with Crippen molar-refractivity contribution in [3.05, 3.63) is 23.3 Å². The molecule has 1 aromatic carbocycles. The molecule has 0 aliphatic heterocycles.